The van der Waals surface area contributed by atoms with Gasteiger partial charge in [0.25, 0.3) is 0 Å². The number of rotatable bonds is 9. The van der Waals surface area contributed by atoms with Crippen LogP contribution in [0.1, 0.15) is 66.4 Å². The molecule has 0 amide bonds. The molecule has 2 aromatic carbocycles. The van der Waals surface area contributed by atoms with E-state index in [1.807, 2.05) is 24.3 Å². The van der Waals surface area contributed by atoms with Gasteiger partial charge < -0.3 is 0 Å². The van der Waals surface area contributed by atoms with E-state index in [1.165, 1.54) is 24.8 Å². The molecule has 0 aliphatic rings. The van der Waals surface area contributed by atoms with E-state index in [2.05, 4.69) is 49.4 Å². The molecule has 0 aliphatic carbocycles. The maximum Gasteiger partial charge on any atom is 0.150 e. The van der Waals surface area contributed by atoms with Crippen LogP contribution in [0.2, 0.25) is 0 Å². The number of carbonyl (C=O) groups excluding carboxylic acids is 1. The molecule has 0 radical (unpaired) electrons. The van der Waals surface area contributed by atoms with E-state index in [9.17, 15) is 4.79 Å². The zero-order valence-electron chi connectivity index (χ0n) is 13.9. The quantitative estimate of drug-likeness (QED) is 0.308. The van der Waals surface area contributed by atoms with Crippen molar-refractivity contribution in [3.8, 4) is 0 Å². The third-order valence-corrected chi connectivity index (χ3v) is 4.21. The predicted molar refractivity (Wildman–Crippen MR) is 98.0 cm³/mol. The van der Waals surface area contributed by atoms with E-state index >= 15 is 0 Å². The maximum atomic E-state index is 11.4. The summed E-state index contributed by atoms with van der Waals surface area (Å²) in [6.45, 7) is 2.23. The molecule has 23 heavy (non-hydrogen) atoms. The van der Waals surface area contributed by atoms with Gasteiger partial charge in [-0.3, -0.25) is 4.79 Å². The van der Waals surface area contributed by atoms with Gasteiger partial charge in [0.1, 0.15) is 6.29 Å². The molecule has 1 unspecified atom stereocenters. The van der Waals surface area contributed by atoms with Crippen molar-refractivity contribution in [1.29, 1.82) is 0 Å². The summed E-state index contributed by atoms with van der Waals surface area (Å²) < 4.78 is 0. The minimum atomic E-state index is 0.236. The van der Waals surface area contributed by atoms with Gasteiger partial charge in [-0.1, -0.05) is 86.5 Å². The van der Waals surface area contributed by atoms with Gasteiger partial charge in [0.05, 0.1) is 0 Å². The van der Waals surface area contributed by atoms with E-state index < -0.39 is 0 Å². The molecule has 1 atom stereocenters. The number of unbranched alkanes of at least 4 members (excludes halogenated alkanes) is 3. The Balaban J connectivity index is 2.18. The second-order valence-electron chi connectivity index (χ2n) is 5.91. The van der Waals surface area contributed by atoms with Crippen LogP contribution >= 0.6 is 0 Å². The molecule has 120 valence electrons. The van der Waals surface area contributed by atoms with Crippen LogP contribution in [0.3, 0.4) is 0 Å². The molecule has 0 saturated carbocycles. The molecular weight excluding hydrogens is 280 g/mol. The molecule has 0 N–H and O–H groups in total. The zero-order chi connectivity index (χ0) is 16.3. The number of hydrogen-bond acceptors (Lipinski definition) is 1. The van der Waals surface area contributed by atoms with Crippen LogP contribution in [0.4, 0.5) is 0 Å². The minimum absolute atomic E-state index is 0.236. The third kappa shape index (κ3) is 5.21. The Morgan fingerprint density at radius 2 is 1.65 bits per heavy atom. The third-order valence-electron chi connectivity index (χ3n) is 4.21. The molecule has 0 heterocycles. The number of benzene rings is 2. The highest BCUT2D eigenvalue weighted by molar-refractivity contribution is 5.78. The van der Waals surface area contributed by atoms with E-state index in [-0.39, 0.29) is 5.92 Å². The highest BCUT2D eigenvalue weighted by Crippen LogP contribution is 2.30. The zero-order valence-corrected chi connectivity index (χ0v) is 13.9. The lowest BCUT2D eigenvalue weighted by Crippen LogP contribution is -2.03. The summed E-state index contributed by atoms with van der Waals surface area (Å²) >= 11 is 0. The lowest BCUT2D eigenvalue weighted by atomic mass is 9.86. The smallest absolute Gasteiger partial charge is 0.150 e. The number of hydrogen-bond donors (Lipinski definition) is 0. The summed E-state index contributed by atoms with van der Waals surface area (Å²) in [6.07, 6.45) is 11.4. The van der Waals surface area contributed by atoms with Gasteiger partial charge in [-0.15, -0.1) is 0 Å². The Bertz CT molecular complexity index is 613. The van der Waals surface area contributed by atoms with E-state index in [0.29, 0.717) is 0 Å². The Labute approximate surface area is 140 Å². The average molecular weight is 306 g/mol. The fourth-order valence-corrected chi connectivity index (χ4v) is 2.93. The van der Waals surface area contributed by atoms with Gasteiger partial charge in [-0.25, -0.2) is 0 Å². The van der Waals surface area contributed by atoms with Crippen molar-refractivity contribution in [3.63, 3.8) is 0 Å². The monoisotopic (exact) mass is 306 g/mol. The molecule has 0 aromatic heterocycles. The number of aldehydes is 1. The van der Waals surface area contributed by atoms with Crippen molar-refractivity contribution in [3.05, 3.63) is 83.4 Å². The normalized spacial score (nSPS) is 12.4. The molecular formula is C22H26O. The fraction of sp³-hybridized carbons (Fsp3) is 0.318. The second kappa shape index (κ2) is 9.78. The number of allylic oxidation sites excluding steroid dienone is 2. The maximum absolute atomic E-state index is 11.4. The van der Waals surface area contributed by atoms with E-state index in [4.69, 9.17) is 0 Å². The van der Waals surface area contributed by atoms with Crippen LogP contribution in [0.25, 0.3) is 0 Å². The van der Waals surface area contributed by atoms with Crippen molar-refractivity contribution in [2.45, 2.75) is 44.9 Å². The number of carbonyl (C=O) groups is 1. The molecule has 2 rings (SSSR count). The summed E-state index contributed by atoms with van der Waals surface area (Å²) in [5.41, 5.74) is 3.17. The largest absolute Gasteiger partial charge is 0.298 e. The summed E-state index contributed by atoms with van der Waals surface area (Å²) in [7, 11) is 0. The first-order chi connectivity index (χ1) is 11.4. The van der Waals surface area contributed by atoms with Crippen molar-refractivity contribution < 1.29 is 4.79 Å². The SMILES string of the molecule is CCCCC/C=C/CC(c1ccccc1)c1ccccc1C=O. The first-order valence-corrected chi connectivity index (χ1v) is 8.60. The Morgan fingerprint density at radius 3 is 2.39 bits per heavy atom. The average Bonchev–Trinajstić information content (AvgIpc) is 2.62. The molecule has 0 saturated heterocycles. The lowest BCUT2D eigenvalue weighted by molar-refractivity contribution is 0.112. The summed E-state index contributed by atoms with van der Waals surface area (Å²) in [4.78, 5) is 11.4. The topological polar surface area (TPSA) is 17.1 Å². The molecule has 0 fully saturated rings. The highest BCUT2D eigenvalue weighted by Gasteiger charge is 2.15. The van der Waals surface area contributed by atoms with Crippen LogP contribution in [0, 0.1) is 0 Å². The molecule has 0 bridgehead atoms. The Morgan fingerprint density at radius 1 is 0.913 bits per heavy atom. The first kappa shape index (κ1) is 17.2. The summed E-state index contributed by atoms with van der Waals surface area (Å²) in [6, 6.07) is 18.4. The lowest BCUT2D eigenvalue weighted by Gasteiger charge is -2.18. The van der Waals surface area contributed by atoms with Gasteiger partial charge in [0.15, 0.2) is 0 Å². The highest BCUT2D eigenvalue weighted by atomic mass is 16.1. The summed E-state index contributed by atoms with van der Waals surface area (Å²) in [5.74, 6) is 0.236. The Hall–Kier alpha value is -2.15. The van der Waals surface area contributed by atoms with E-state index in [0.717, 1.165) is 30.3 Å². The van der Waals surface area contributed by atoms with Crippen molar-refractivity contribution in [2.24, 2.45) is 0 Å². The molecule has 1 heteroatoms. The van der Waals surface area contributed by atoms with Crippen molar-refractivity contribution >= 4 is 6.29 Å². The van der Waals surface area contributed by atoms with Crippen LogP contribution in [0.5, 0.6) is 0 Å². The molecule has 0 spiro atoms. The van der Waals surface area contributed by atoms with Gasteiger partial charge in [-0.2, -0.15) is 0 Å². The van der Waals surface area contributed by atoms with Crippen LogP contribution in [-0.4, -0.2) is 6.29 Å². The van der Waals surface area contributed by atoms with Gasteiger partial charge >= 0.3 is 0 Å². The standard InChI is InChI=1S/C22H26O/c1-2-3-4-5-6-10-16-21(19-13-8-7-9-14-19)22-17-12-11-15-20(22)18-23/h6-15,17-18,21H,2-5,16H2,1H3/b10-6+. The fourth-order valence-electron chi connectivity index (χ4n) is 2.93. The van der Waals surface area contributed by atoms with Crippen LogP contribution < -0.4 is 0 Å². The van der Waals surface area contributed by atoms with Crippen molar-refractivity contribution in [1.82, 2.24) is 0 Å². The van der Waals surface area contributed by atoms with Crippen LogP contribution in [-0.2, 0) is 0 Å². The predicted octanol–water partition coefficient (Wildman–Crippen LogP) is 6.16. The van der Waals surface area contributed by atoms with E-state index in [1.54, 1.807) is 0 Å². The Kier molecular flexibility index (Phi) is 7.32. The van der Waals surface area contributed by atoms with Crippen LogP contribution in [0.15, 0.2) is 66.7 Å². The first-order valence-electron chi connectivity index (χ1n) is 8.60. The van der Waals surface area contributed by atoms with Gasteiger partial charge in [-0.05, 0) is 30.4 Å². The van der Waals surface area contributed by atoms with Gasteiger partial charge in [0, 0.05) is 11.5 Å². The molecule has 2 aromatic rings. The minimum Gasteiger partial charge on any atom is -0.298 e. The second-order valence-corrected chi connectivity index (χ2v) is 5.91. The summed E-state index contributed by atoms with van der Waals surface area (Å²) in [5, 5.41) is 0. The molecule has 0 aliphatic heterocycles. The van der Waals surface area contributed by atoms with Gasteiger partial charge in [0.2, 0.25) is 0 Å². The molecule has 1 nitrogen and oxygen atoms in total. The van der Waals surface area contributed by atoms with Crippen molar-refractivity contribution in [2.75, 3.05) is 0 Å².